The first-order valence-electron chi connectivity index (χ1n) is 8.06. The van der Waals surface area contributed by atoms with Gasteiger partial charge in [-0.05, 0) is 41.5 Å². The van der Waals surface area contributed by atoms with Gasteiger partial charge in [0.1, 0.15) is 6.04 Å². The third-order valence-electron chi connectivity index (χ3n) is 4.24. The molecule has 4 rings (SSSR count). The van der Waals surface area contributed by atoms with Crippen LogP contribution in [0, 0.1) is 0 Å². The molecular weight excluding hydrogens is 471 g/mol. The van der Waals surface area contributed by atoms with Gasteiger partial charge in [0, 0.05) is 5.70 Å². The zero-order chi connectivity index (χ0) is 20.9. The highest BCUT2D eigenvalue weighted by Crippen LogP contribution is 2.38. The first-order valence-corrected chi connectivity index (χ1v) is 9.57. The minimum atomic E-state index is -4.70. The summed E-state index contributed by atoms with van der Waals surface area (Å²) in [5, 5.41) is 7.77. The van der Waals surface area contributed by atoms with Gasteiger partial charge in [0.2, 0.25) is 5.95 Å². The van der Waals surface area contributed by atoms with Crippen LogP contribution in [0.3, 0.4) is 0 Å². The Balaban J connectivity index is 1.87. The van der Waals surface area contributed by atoms with Gasteiger partial charge in [-0.15, -0.1) is 5.10 Å². The number of aromatic nitrogens is 3. The van der Waals surface area contributed by atoms with Gasteiger partial charge in [-0.2, -0.15) is 18.2 Å². The molecule has 29 heavy (non-hydrogen) atoms. The number of nitrogens with zero attached hydrogens (tertiary/aromatic N) is 3. The Morgan fingerprint density at radius 1 is 0.897 bits per heavy atom. The normalized spacial score (nSPS) is 16.2. The molecule has 150 valence electrons. The van der Waals surface area contributed by atoms with Crippen LogP contribution in [0.25, 0.3) is 5.70 Å². The van der Waals surface area contributed by atoms with E-state index in [4.69, 9.17) is 46.4 Å². The molecule has 3 aromatic rings. The molecule has 2 aromatic carbocycles. The number of anilines is 1. The van der Waals surface area contributed by atoms with Crippen molar-refractivity contribution in [2.45, 2.75) is 12.2 Å². The molecule has 0 saturated carbocycles. The Labute approximate surface area is 182 Å². The molecule has 0 fully saturated rings. The van der Waals surface area contributed by atoms with E-state index >= 15 is 0 Å². The predicted octanol–water partition coefficient (Wildman–Crippen LogP) is 6.97. The van der Waals surface area contributed by atoms with E-state index < -0.39 is 18.0 Å². The van der Waals surface area contributed by atoms with Crippen molar-refractivity contribution in [3.05, 3.63) is 79.5 Å². The third kappa shape index (κ3) is 3.92. The minimum Gasteiger partial charge on any atom is -0.324 e. The summed E-state index contributed by atoms with van der Waals surface area (Å²) in [6.45, 7) is 0. The lowest BCUT2D eigenvalue weighted by Gasteiger charge is -2.24. The Kier molecular flexibility index (Phi) is 5.19. The number of hydrogen-bond donors (Lipinski definition) is 1. The van der Waals surface area contributed by atoms with Gasteiger partial charge in [0.15, 0.2) is 0 Å². The molecule has 1 aromatic heterocycles. The first-order chi connectivity index (χ1) is 13.6. The molecule has 0 saturated heterocycles. The first kappa shape index (κ1) is 20.3. The zero-order valence-corrected chi connectivity index (χ0v) is 17.1. The Morgan fingerprint density at radius 2 is 1.55 bits per heavy atom. The molecule has 1 N–H and O–H groups in total. The van der Waals surface area contributed by atoms with Gasteiger partial charge < -0.3 is 5.32 Å². The van der Waals surface area contributed by atoms with Crippen LogP contribution in [0.2, 0.25) is 20.1 Å². The molecule has 0 aliphatic carbocycles. The summed E-state index contributed by atoms with van der Waals surface area (Å²) in [4.78, 5) is 3.61. The van der Waals surface area contributed by atoms with E-state index in [2.05, 4.69) is 15.4 Å². The van der Waals surface area contributed by atoms with E-state index in [-0.39, 0.29) is 11.0 Å². The fourth-order valence-corrected chi connectivity index (χ4v) is 3.48. The van der Waals surface area contributed by atoms with Gasteiger partial charge in [0.05, 0.1) is 20.1 Å². The Hall–Kier alpha value is -1.93. The monoisotopic (exact) mass is 478 g/mol. The molecular formula is C18H9Cl4F3N4. The lowest BCUT2D eigenvalue weighted by Crippen LogP contribution is -2.20. The third-order valence-corrected chi connectivity index (χ3v) is 5.71. The minimum absolute atomic E-state index is 0.0723. The number of allylic oxidation sites excluding steroid dienone is 1. The number of hydrogen-bond acceptors (Lipinski definition) is 3. The maximum absolute atomic E-state index is 13.2. The number of alkyl halides is 3. The topological polar surface area (TPSA) is 42.7 Å². The molecule has 11 heteroatoms. The van der Waals surface area contributed by atoms with Crippen LogP contribution in [-0.2, 0) is 6.18 Å². The Morgan fingerprint density at radius 3 is 2.17 bits per heavy atom. The summed E-state index contributed by atoms with van der Waals surface area (Å²) in [6, 6.07) is 8.97. The fourth-order valence-electron chi connectivity index (χ4n) is 2.88. The van der Waals surface area contributed by atoms with E-state index in [1.165, 1.54) is 0 Å². The van der Waals surface area contributed by atoms with Crippen molar-refractivity contribution in [2.75, 3.05) is 5.32 Å². The Bertz CT molecular complexity index is 1140. The summed E-state index contributed by atoms with van der Waals surface area (Å²) in [6.07, 6.45) is -3.00. The highest BCUT2D eigenvalue weighted by Gasteiger charge is 2.39. The summed E-state index contributed by atoms with van der Waals surface area (Å²) in [5.74, 6) is -1.33. The molecule has 1 atom stereocenters. The van der Waals surface area contributed by atoms with Crippen LogP contribution in [-0.4, -0.2) is 14.8 Å². The van der Waals surface area contributed by atoms with E-state index in [1.807, 2.05) is 0 Å². The van der Waals surface area contributed by atoms with Crippen LogP contribution in [0.15, 0.2) is 42.5 Å². The van der Waals surface area contributed by atoms with Crippen molar-refractivity contribution in [3.8, 4) is 0 Å². The molecule has 1 aliphatic heterocycles. The van der Waals surface area contributed by atoms with E-state index in [0.29, 0.717) is 31.9 Å². The van der Waals surface area contributed by atoms with Crippen LogP contribution < -0.4 is 5.32 Å². The SMILES string of the molecule is FC(F)(F)c1nc2n(n1)C(c1ccc(Cl)c(Cl)c1)C=C(c1ccc(Cl)c(Cl)c1)N2. The second-order valence-corrected chi connectivity index (χ2v) is 7.78. The molecule has 4 nitrogen and oxygen atoms in total. The van der Waals surface area contributed by atoms with Crippen LogP contribution >= 0.6 is 46.4 Å². The van der Waals surface area contributed by atoms with Crippen LogP contribution in [0.4, 0.5) is 19.1 Å². The summed E-state index contributed by atoms with van der Waals surface area (Å²) < 4.78 is 40.7. The van der Waals surface area contributed by atoms with Gasteiger partial charge in [0.25, 0.3) is 5.82 Å². The smallest absolute Gasteiger partial charge is 0.324 e. The van der Waals surface area contributed by atoms with Crippen molar-refractivity contribution < 1.29 is 13.2 Å². The molecule has 0 amide bonds. The average Bonchev–Trinajstić information content (AvgIpc) is 3.10. The van der Waals surface area contributed by atoms with E-state index in [0.717, 1.165) is 4.68 Å². The summed E-state index contributed by atoms with van der Waals surface area (Å²) in [7, 11) is 0. The highest BCUT2D eigenvalue weighted by atomic mass is 35.5. The van der Waals surface area contributed by atoms with Gasteiger partial charge in [-0.3, -0.25) is 0 Å². The second-order valence-electron chi connectivity index (χ2n) is 6.15. The second kappa shape index (κ2) is 7.40. The fraction of sp³-hybridized carbons (Fsp3) is 0.111. The maximum atomic E-state index is 13.2. The van der Waals surface area contributed by atoms with Crippen molar-refractivity contribution >= 4 is 58.0 Å². The van der Waals surface area contributed by atoms with Gasteiger partial charge in [-0.1, -0.05) is 58.5 Å². The standard InChI is InChI=1S/C18H9Cl4F3N4/c19-10-3-1-8(5-12(10)21)14-7-15(9-2-4-11(20)13(22)6-9)29-17(26-14)27-16(28-29)18(23,24)25/h1-7,15H,(H,26,27,28). The number of benzene rings is 2. The quantitative estimate of drug-likeness (QED) is 0.431. The summed E-state index contributed by atoms with van der Waals surface area (Å²) in [5.41, 5.74) is 1.69. The number of rotatable bonds is 2. The molecule has 0 spiro atoms. The van der Waals surface area contributed by atoms with Crippen LogP contribution in [0.1, 0.15) is 23.0 Å². The lowest BCUT2D eigenvalue weighted by atomic mass is 10.0. The summed E-state index contributed by atoms with van der Waals surface area (Å²) >= 11 is 24.1. The molecule has 0 radical (unpaired) electrons. The number of nitrogens with one attached hydrogen (secondary N) is 1. The van der Waals surface area contributed by atoms with Gasteiger partial charge >= 0.3 is 6.18 Å². The molecule has 1 unspecified atom stereocenters. The number of halogens is 7. The predicted molar refractivity (Wildman–Crippen MR) is 108 cm³/mol. The molecule has 2 heterocycles. The number of fused-ring (bicyclic) bond motifs is 1. The van der Waals surface area contributed by atoms with Crippen LogP contribution in [0.5, 0.6) is 0 Å². The highest BCUT2D eigenvalue weighted by molar-refractivity contribution is 6.42. The van der Waals surface area contributed by atoms with Crippen molar-refractivity contribution in [2.24, 2.45) is 0 Å². The average molecular weight is 480 g/mol. The van der Waals surface area contributed by atoms with Crippen molar-refractivity contribution in [1.82, 2.24) is 14.8 Å². The van der Waals surface area contributed by atoms with E-state index in [1.54, 1.807) is 42.5 Å². The van der Waals surface area contributed by atoms with Crippen molar-refractivity contribution in [1.29, 1.82) is 0 Å². The lowest BCUT2D eigenvalue weighted by molar-refractivity contribution is -0.145. The van der Waals surface area contributed by atoms with Crippen molar-refractivity contribution in [3.63, 3.8) is 0 Å². The zero-order valence-electron chi connectivity index (χ0n) is 14.1. The maximum Gasteiger partial charge on any atom is 0.453 e. The largest absolute Gasteiger partial charge is 0.453 e. The van der Waals surface area contributed by atoms with Gasteiger partial charge in [-0.25, -0.2) is 4.68 Å². The van der Waals surface area contributed by atoms with E-state index in [9.17, 15) is 13.2 Å². The molecule has 0 bridgehead atoms. The molecule has 1 aliphatic rings.